The molecule has 1 aliphatic rings. The summed E-state index contributed by atoms with van der Waals surface area (Å²) in [6, 6.07) is 0. The Balaban J connectivity index is 2.64. The van der Waals surface area contributed by atoms with Crippen LogP contribution in [0.15, 0.2) is 0 Å². The van der Waals surface area contributed by atoms with Crippen molar-refractivity contribution in [2.45, 2.75) is 53.1 Å². The first-order chi connectivity index (χ1) is 7.23. The van der Waals surface area contributed by atoms with Crippen molar-refractivity contribution < 1.29 is 9.53 Å². The van der Waals surface area contributed by atoms with E-state index >= 15 is 0 Å². The molecule has 0 bridgehead atoms. The van der Waals surface area contributed by atoms with Crippen LogP contribution < -0.4 is 5.32 Å². The van der Waals surface area contributed by atoms with Crippen LogP contribution in [0.1, 0.15) is 47.5 Å². The molecule has 1 saturated heterocycles. The van der Waals surface area contributed by atoms with Crippen molar-refractivity contribution in [1.29, 1.82) is 0 Å². The molecule has 0 atom stereocenters. The van der Waals surface area contributed by atoms with Gasteiger partial charge in [-0.3, -0.25) is 4.79 Å². The molecule has 1 N–H and O–H groups in total. The first kappa shape index (κ1) is 13.5. The fraction of sp³-hybridized carbons (Fsp3) is 0.923. The maximum Gasteiger partial charge on any atom is 0.312 e. The highest BCUT2D eigenvalue weighted by Crippen LogP contribution is 2.35. The lowest BCUT2D eigenvalue weighted by Crippen LogP contribution is -2.43. The second-order valence-corrected chi connectivity index (χ2v) is 6.25. The largest absolute Gasteiger partial charge is 0.460 e. The molecule has 1 rings (SSSR count). The van der Waals surface area contributed by atoms with Crippen molar-refractivity contribution in [3.63, 3.8) is 0 Å². The standard InChI is InChI=1S/C13H25NO2/c1-12(2,3)16-11(15)13(4,5)10-6-8-14-9-7-10/h10,14H,6-9H2,1-5H3. The van der Waals surface area contributed by atoms with E-state index in [-0.39, 0.29) is 17.0 Å². The SMILES string of the molecule is CC(C)(C)OC(=O)C(C)(C)C1CCNCC1. The van der Waals surface area contributed by atoms with E-state index in [0.29, 0.717) is 5.92 Å². The van der Waals surface area contributed by atoms with Crippen LogP contribution in [-0.4, -0.2) is 24.7 Å². The van der Waals surface area contributed by atoms with E-state index in [1.807, 2.05) is 34.6 Å². The van der Waals surface area contributed by atoms with Gasteiger partial charge in [0.05, 0.1) is 5.41 Å². The van der Waals surface area contributed by atoms with Gasteiger partial charge in [-0.2, -0.15) is 0 Å². The summed E-state index contributed by atoms with van der Waals surface area (Å²) in [7, 11) is 0. The normalized spacial score (nSPS) is 19.6. The second kappa shape index (κ2) is 4.74. The van der Waals surface area contributed by atoms with Crippen LogP contribution in [0.3, 0.4) is 0 Å². The molecule has 1 fully saturated rings. The lowest BCUT2D eigenvalue weighted by Gasteiger charge is -2.37. The van der Waals surface area contributed by atoms with Gasteiger partial charge in [-0.25, -0.2) is 0 Å². The van der Waals surface area contributed by atoms with Crippen molar-refractivity contribution in [1.82, 2.24) is 5.32 Å². The van der Waals surface area contributed by atoms with E-state index in [2.05, 4.69) is 5.32 Å². The van der Waals surface area contributed by atoms with E-state index in [9.17, 15) is 4.79 Å². The molecule has 1 aliphatic heterocycles. The molecule has 0 amide bonds. The smallest absolute Gasteiger partial charge is 0.312 e. The number of carbonyl (C=O) groups excluding carboxylic acids is 1. The van der Waals surface area contributed by atoms with Crippen LogP contribution in [0.4, 0.5) is 0 Å². The Morgan fingerprint density at radius 3 is 2.06 bits per heavy atom. The summed E-state index contributed by atoms with van der Waals surface area (Å²) in [4.78, 5) is 12.1. The minimum atomic E-state index is -0.388. The van der Waals surface area contributed by atoms with E-state index in [1.165, 1.54) is 0 Å². The minimum Gasteiger partial charge on any atom is -0.460 e. The zero-order valence-corrected chi connectivity index (χ0v) is 11.2. The molecular formula is C13H25NO2. The Bertz CT molecular complexity index is 247. The molecule has 0 aromatic carbocycles. The Morgan fingerprint density at radius 1 is 1.12 bits per heavy atom. The predicted octanol–water partition coefficient (Wildman–Crippen LogP) is 2.35. The third-order valence-electron chi connectivity index (χ3n) is 3.28. The van der Waals surface area contributed by atoms with Crippen LogP contribution in [0, 0.1) is 11.3 Å². The summed E-state index contributed by atoms with van der Waals surface area (Å²) in [5, 5.41) is 3.32. The Hall–Kier alpha value is -0.570. The number of piperidine rings is 1. The van der Waals surface area contributed by atoms with Gasteiger partial charge in [0, 0.05) is 0 Å². The van der Waals surface area contributed by atoms with Gasteiger partial charge in [0.15, 0.2) is 0 Å². The third-order valence-corrected chi connectivity index (χ3v) is 3.28. The predicted molar refractivity (Wildman–Crippen MR) is 65.2 cm³/mol. The van der Waals surface area contributed by atoms with Gasteiger partial charge >= 0.3 is 5.97 Å². The molecule has 0 unspecified atom stereocenters. The van der Waals surface area contributed by atoms with Crippen molar-refractivity contribution in [2.75, 3.05) is 13.1 Å². The summed E-state index contributed by atoms with van der Waals surface area (Å²) < 4.78 is 5.50. The quantitative estimate of drug-likeness (QED) is 0.736. The lowest BCUT2D eigenvalue weighted by molar-refractivity contribution is -0.169. The average Bonchev–Trinajstić information content (AvgIpc) is 2.16. The molecule has 0 aromatic rings. The van der Waals surface area contributed by atoms with Gasteiger partial charge in [-0.1, -0.05) is 0 Å². The first-order valence-corrected chi connectivity index (χ1v) is 6.17. The molecule has 1 heterocycles. The molecule has 16 heavy (non-hydrogen) atoms. The molecule has 94 valence electrons. The van der Waals surface area contributed by atoms with Gasteiger partial charge in [0.25, 0.3) is 0 Å². The van der Waals surface area contributed by atoms with Crippen LogP contribution >= 0.6 is 0 Å². The highest BCUT2D eigenvalue weighted by molar-refractivity contribution is 5.76. The van der Waals surface area contributed by atoms with E-state index in [4.69, 9.17) is 4.74 Å². The van der Waals surface area contributed by atoms with Gasteiger partial charge < -0.3 is 10.1 Å². The summed E-state index contributed by atoms with van der Waals surface area (Å²) in [5.41, 5.74) is -0.753. The van der Waals surface area contributed by atoms with Crippen LogP contribution in [-0.2, 0) is 9.53 Å². The second-order valence-electron chi connectivity index (χ2n) is 6.25. The lowest BCUT2D eigenvalue weighted by atomic mass is 9.74. The number of hydrogen-bond acceptors (Lipinski definition) is 3. The number of hydrogen-bond donors (Lipinski definition) is 1. The Kier molecular flexibility index (Phi) is 4.00. The molecule has 3 heteroatoms. The van der Waals surface area contributed by atoms with Crippen LogP contribution in [0.5, 0.6) is 0 Å². The summed E-state index contributed by atoms with van der Waals surface area (Å²) in [5.74, 6) is 0.371. The van der Waals surface area contributed by atoms with Gasteiger partial charge in [-0.15, -0.1) is 0 Å². The number of rotatable bonds is 2. The fourth-order valence-corrected chi connectivity index (χ4v) is 2.12. The number of ether oxygens (including phenoxy) is 1. The number of esters is 1. The topological polar surface area (TPSA) is 38.3 Å². The van der Waals surface area contributed by atoms with Gasteiger partial charge in [0.1, 0.15) is 5.60 Å². The highest BCUT2D eigenvalue weighted by Gasteiger charge is 2.40. The monoisotopic (exact) mass is 227 g/mol. The van der Waals surface area contributed by atoms with Crippen LogP contribution in [0.25, 0.3) is 0 Å². The zero-order chi connectivity index (χ0) is 12.4. The number of nitrogens with one attached hydrogen (secondary N) is 1. The molecule has 0 saturated carbocycles. The molecule has 0 radical (unpaired) electrons. The summed E-state index contributed by atoms with van der Waals surface area (Å²) >= 11 is 0. The van der Waals surface area contributed by atoms with Crippen molar-refractivity contribution in [2.24, 2.45) is 11.3 Å². The van der Waals surface area contributed by atoms with Gasteiger partial charge in [0.2, 0.25) is 0 Å². The van der Waals surface area contributed by atoms with Crippen LogP contribution in [0.2, 0.25) is 0 Å². The molecule has 0 spiro atoms. The van der Waals surface area contributed by atoms with Gasteiger partial charge in [-0.05, 0) is 66.5 Å². The van der Waals surface area contributed by atoms with Crippen molar-refractivity contribution >= 4 is 5.97 Å². The van der Waals surface area contributed by atoms with Crippen molar-refractivity contribution in [3.05, 3.63) is 0 Å². The summed E-state index contributed by atoms with van der Waals surface area (Å²) in [6.45, 7) is 11.8. The first-order valence-electron chi connectivity index (χ1n) is 6.17. The average molecular weight is 227 g/mol. The molecule has 3 nitrogen and oxygen atoms in total. The van der Waals surface area contributed by atoms with E-state index < -0.39 is 0 Å². The number of carbonyl (C=O) groups is 1. The fourth-order valence-electron chi connectivity index (χ4n) is 2.12. The minimum absolute atomic E-state index is 0.0631. The summed E-state index contributed by atoms with van der Waals surface area (Å²) in [6.07, 6.45) is 2.12. The third kappa shape index (κ3) is 3.48. The molecular weight excluding hydrogens is 202 g/mol. The van der Waals surface area contributed by atoms with E-state index in [0.717, 1.165) is 25.9 Å². The maximum absolute atomic E-state index is 12.1. The Morgan fingerprint density at radius 2 is 1.62 bits per heavy atom. The Labute approximate surface area is 98.9 Å². The zero-order valence-electron chi connectivity index (χ0n) is 11.2. The molecule has 0 aliphatic carbocycles. The maximum atomic E-state index is 12.1. The van der Waals surface area contributed by atoms with Crippen molar-refractivity contribution in [3.8, 4) is 0 Å². The molecule has 0 aromatic heterocycles. The van der Waals surface area contributed by atoms with E-state index in [1.54, 1.807) is 0 Å². The highest BCUT2D eigenvalue weighted by atomic mass is 16.6.